The lowest BCUT2D eigenvalue weighted by molar-refractivity contribution is 0.0954. The van der Waals surface area contributed by atoms with Crippen molar-refractivity contribution in [1.82, 2.24) is 10.6 Å². The molecule has 3 nitrogen and oxygen atoms in total. The van der Waals surface area contributed by atoms with Crippen molar-refractivity contribution in [3.05, 3.63) is 33.8 Å². The van der Waals surface area contributed by atoms with Crippen LogP contribution in [-0.4, -0.2) is 25.5 Å². The van der Waals surface area contributed by atoms with Gasteiger partial charge in [0.2, 0.25) is 0 Å². The summed E-state index contributed by atoms with van der Waals surface area (Å²) >= 11 is 11.7. The van der Waals surface area contributed by atoms with Crippen LogP contribution in [0.5, 0.6) is 0 Å². The Morgan fingerprint density at radius 3 is 2.56 bits per heavy atom. The van der Waals surface area contributed by atoms with Crippen LogP contribution in [0.3, 0.4) is 0 Å². The Morgan fingerprint density at radius 2 is 1.94 bits per heavy atom. The molecule has 2 N–H and O–H groups in total. The highest BCUT2D eigenvalue weighted by Crippen LogP contribution is 2.20. The summed E-state index contributed by atoms with van der Waals surface area (Å²) in [6.45, 7) is 4.39. The Labute approximate surface area is 124 Å². The molecule has 0 unspecified atom stereocenters. The number of amides is 1. The third-order valence-electron chi connectivity index (χ3n) is 2.19. The van der Waals surface area contributed by atoms with E-state index in [-0.39, 0.29) is 18.3 Å². The zero-order valence-corrected chi connectivity index (χ0v) is 12.5. The van der Waals surface area contributed by atoms with Gasteiger partial charge in [0.25, 0.3) is 5.91 Å². The number of rotatable bonds is 6. The van der Waals surface area contributed by atoms with Crippen LogP contribution >= 0.6 is 35.6 Å². The molecule has 1 amide bonds. The predicted octanol–water partition coefficient (Wildman–Crippen LogP) is 3.14. The molecule has 1 aromatic carbocycles. The summed E-state index contributed by atoms with van der Waals surface area (Å²) in [6, 6.07) is 4.84. The minimum absolute atomic E-state index is 0. The summed E-state index contributed by atoms with van der Waals surface area (Å²) in [7, 11) is 0. The molecule has 6 heteroatoms. The van der Waals surface area contributed by atoms with Crippen molar-refractivity contribution >= 4 is 41.5 Å². The fourth-order valence-corrected chi connectivity index (χ4v) is 1.83. The number of benzene rings is 1. The lowest BCUT2D eigenvalue weighted by atomic mass is 10.2. The van der Waals surface area contributed by atoms with Gasteiger partial charge in [-0.1, -0.05) is 30.1 Å². The third kappa shape index (κ3) is 5.91. The van der Waals surface area contributed by atoms with Gasteiger partial charge in [-0.3, -0.25) is 4.79 Å². The van der Waals surface area contributed by atoms with E-state index < -0.39 is 0 Å². The first-order chi connectivity index (χ1) is 8.15. The van der Waals surface area contributed by atoms with Crippen molar-refractivity contribution in [3.8, 4) is 0 Å². The van der Waals surface area contributed by atoms with Gasteiger partial charge in [-0.25, -0.2) is 0 Å². The van der Waals surface area contributed by atoms with Gasteiger partial charge < -0.3 is 10.6 Å². The summed E-state index contributed by atoms with van der Waals surface area (Å²) in [6.07, 6.45) is 1.08. The molecule has 0 spiro atoms. The van der Waals surface area contributed by atoms with Crippen LogP contribution in [0.15, 0.2) is 18.2 Å². The molecule has 0 heterocycles. The molecule has 0 aromatic heterocycles. The van der Waals surface area contributed by atoms with E-state index >= 15 is 0 Å². The van der Waals surface area contributed by atoms with Crippen molar-refractivity contribution in [2.75, 3.05) is 19.6 Å². The molecule has 0 bridgehead atoms. The number of carbonyl (C=O) groups excluding carboxylic acids is 1. The molecular weight excluding hydrogens is 295 g/mol. The van der Waals surface area contributed by atoms with Crippen LogP contribution in [0.4, 0.5) is 0 Å². The number of carbonyl (C=O) groups is 1. The molecular formula is C12H17Cl3N2O. The molecule has 1 aromatic rings. The van der Waals surface area contributed by atoms with Crippen molar-refractivity contribution in [3.63, 3.8) is 0 Å². The number of hydrogen-bond donors (Lipinski definition) is 2. The molecule has 0 radical (unpaired) electrons. The first-order valence-electron chi connectivity index (χ1n) is 5.59. The zero-order valence-electron chi connectivity index (χ0n) is 10.1. The molecule has 0 saturated carbocycles. The molecule has 1 rings (SSSR count). The molecule has 102 valence electrons. The zero-order chi connectivity index (χ0) is 12.7. The minimum atomic E-state index is -0.176. The van der Waals surface area contributed by atoms with E-state index in [9.17, 15) is 4.79 Å². The van der Waals surface area contributed by atoms with E-state index in [2.05, 4.69) is 17.6 Å². The standard InChI is InChI=1S/C12H16Cl2N2O.ClH/c1-2-5-15-6-7-16-12(17)10-4-3-9(13)8-11(10)14;/h3-4,8,15H,2,5-7H2,1H3,(H,16,17);1H. The van der Waals surface area contributed by atoms with Crippen molar-refractivity contribution in [2.24, 2.45) is 0 Å². The van der Waals surface area contributed by atoms with E-state index in [0.717, 1.165) is 19.5 Å². The second kappa shape index (κ2) is 9.45. The molecule has 0 fully saturated rings. The van der Waals surface area contributed by atoms with Crippen LogP contribution in [0.1, 0.15) is 23.7 Å². The number of halogens is 3. The van der Waals surface area contributed by atoms with Crippen LogP contribution in [0.25, 0.3) is 0 Å². The normalized spacial score (nSPS) is 9.72. The topological polar surface area (TPSA) is 41.1 Å². The molecule has 18 heavy (non-hydrogen) atoms. The van der Waals surface area contributed by atoms with Gasteiger partial charge >= 0.3 is 0 Å². The van der Waals surface area contributed by atoms with Crippen LogP contribution in [-0.2, 0) is 0 Å². The summed E-state index contributed by atoms with van der Waals surface area (Å²) in [5.74, 6) is -0.176. The van der Waals surface area contributed by atoms with Crippen molar-refractivity contribution in [1.29, 1.82) is 0 Å². The van der Waals surface area contributed by atoms with Crippen LogP contribution in [0.2, 0.25) is 10.0 Å². The highest BCUT2D eigenvalue weighted by atomic mass is 35.5. The van der Waals surface area contributed by atoms with Gasteiger partial charge in [-0.15, -0.1) is 12.4 Å². The lowest BCUT2D eigenvalue weighted by Crippen LogP contribution is -2.32. The van der Waals surface area contributed by atoms with E-state index in [1.54, 1.807) is 18.2 Å². The lowest BCUT2D eigenvalue weighted by Gasteiger charge is -2.07. The second-order valence-corrected chi connectivity index (χ2v) is 4.47. The maximum atomic E-state index is 11.7. The Hall–Kier alpha value is -0.480. The van der Waals surface area contributed by atoms with Crippen LogP contribution in [0, 0.1) is 0 Å². The van der Waals surface area contributed by atoms with Gasteiger partial charge in [-0.2, -0.15) is 0 Å². The van der Waals surface area contributed by atoms with Gasteiger partial charge in [0.15, 0.2) is 0 Å². The Kier molecular flexibility index (Phi) is 9.20. The van der Waals surface area contributed by atoms with Gasteiger partial charge in [0.05, 0.1) is 10.6 Å². The van der Waals surface area contributed by atoms with E-state index in [0.29, 0.717) is 22.2 Å². The third-order valence-corrected chi connectivity index (χ3v) is 2.74. The van der Waals surface area contributed by atoms with Gasteiger partial charge in [-0.05, 0) is 31.2 Å². The molecule has 0 aliphatic rings. The fourth-order valence-electron chi connectivity index (χ4n) is 1.34. The van der Waals surface area contributed by atoms with Crippen LogP contribution < -0.4 is 10.6 Å². The Bertz CT molecular complexity index is 386. The highest BCUT2D eigenvalue weighted by Gasteiger charge is 2.09. The smallest absolute Gasteiger partial charge is 0.252 e. The summed E-state index contributed by atoms with van der Waals surface area (Å²) < 4.78 is 0. The fraction of sp³-hybridized carbons (Fsp3) is 0.417. The molecule has 0 saturated heterocycles. The summed E-state index contributed by atoms with van der Waals surface area (Å²) in [5.41, 5.74) is 0.451. The average molecular weight is 312 g/mol. The summed E-state index contributed by atoms with van der Waals surface area (Å²) in [4.78, 5) is 11.7. The summed E-state index contributed by atoms with van der Waals surface area (Å²) in [5, 5.41) is 6.88. The largest absolute Gasteiger partial charge is 0.351 e. The molecule has 0 aliphatic heterocycles. The second-order valence-electron chi connectivity index (χ2n) is 3.63. The predicted molar refractivity (Wildman–Crippen MR) is 79.2 cm³/mol. The van der Waals surface area contributed by atoms with E-state index in [4.69, 9.17) is 23.2 Å². The maximum Gasteiger partial charge on any atom is 0.252 e. The first-order valence-corrected chi connectivity index (χ1v) is 6.34. The minimum Gasteiger partial charge on any atom is -0.351 e. The molecule has 0 aliphatic carbocycles. The van der Waals surface area contributed by atoms with Crippen molar-refractivity contribution in [2.45, 2.75) is 13.3 Å². The number of hydrogen-bond acceptors (Lipinski definition) is 2. The van der Waals surface area contributed by atoms with Gasteiger partial charge in [0.1, 0.15) is 0 Å². The van der Waals surface area contributed by atoms with E-state index in [1.807, 2.05) is 0 Å². The SMILES string of the molecule is CCCNCCNC(=O)c1ccc(Cl)cc1Cl.Cl. The Balaban J connectivity index is 0.00000289. The maximum absolute atomic E-state index is 11.7. The van der Waals surface area contributed by atoms with E-state index in [1.165, 1.54) is 0 Å². The quantitative estimate of drug-likeness (QED) is 0.792. The first kappa shape index (κ1) is 17.5. The van der Waals surface area contributed by atoms with Gasteiger partial charge in [0, 0.05) is 18.1 Å². The van der Waals surface area contributed by atoms with Crippen molar-refractivity contribution < 1.29 is 4.79 Å². The number of nitrogens with one attached hydrogen (secondary N) is 2. The highest BCUT2D eigenvalue weighted by molar-refractivity contribution is 6.36. The average Bonchev–Trinajstić information content (AvgIpc) is 2.28. The Morgan fingerprint density at radius 1 is 1.22 bits per heavy atom. The monoisotopic (exact) mass is 310 g/mol. The molecule has 0 atom stereocenters.